The van der Waals surface area contributed by atoms with Crippen molar-refractivity contribution in [3.63, 3.8) is 0 Å². The molecule has 0 saturated heterocycles. The van der Waals surface area contributed by atoms with Crippen LogP contribution in [0.5, 0.6) is 0 Å². The van der Waals surface area contributed by atoms with Crippen LogP contribution in [0.2, 0.25) is 10.0 Å². The first kappa shape index (κ1) is 25.4. The van der Waals surface area contributed by atoms with E-state index in [2.05, 4.69) is 10.0 Å². The van der Waals surface area contributed by atoms with Gasteiger partial charge in [-0.3, -0.25) is 9.52 Å². The summed E-state index contributed by atoms with van der Waals surface area (Å²) in [6.07, 6.45) is 0. The molecule has 33 heavy (non-hydrogen) atoms. The minimum atomic E-state index is -3.75. The number of hydrogen-bond acceptors (Lipinski definition) is 4. The van der Waals surface area contributed by atoms with Gasteiger partial charge in [0, 0.05) is 23.6 Å². The first-order valence-corrected chi connectivity index (χ1v) is 13.6. The van der Waals surface area contributed by atoms with Crippen molar-refractivity contribution < 1.29 is 13.2 Å². The van der Waals surface area contributed by atoms with Gasteiger partial charge in [0.2, 0.25) is 0 Å². The molecule has 3 rings (SSSR count). The maximum absolute atomic E-state index is 12.7. The second-order valence-electron chi connectivity index (χ2n) is 7.45. The number of anilines is 1. The van der Waals surface area contributed by atoms with Crippen molar-refractivity contribution in [1.29, 1.82) is 0 Å². The molecule has 0 spiro atoms. The largest absolute Gasteiger partial charge is 0.351 e. The average Bonchev–Trinajstić information content (AvgIpc) is 2.77. The standard InChI is InChI=1S/C24H24Cl2N2O3S2/c1-16-6-9-19(10-7-16)33(30,31)28-23-5-3-4-20(17(23)2)24(29)27-12-13-32-15-18-8-11-21(25)22(26)14-18/h3-11,14,28H,12-13,15H2,1-2H3,(H,27,29). The van der Waals surface area contributed by atoms with Gasteiger partial charge in [-0.05, 0) is 61.4 Å². The molecule has 0 radical (unpaired) electrons. The molecule has 0 heterocycles. The Labute approximate surface area is 208 Å². The number of sulfonamides is 1. The molecule has 0 aliphatic rings. The summed E-state index contributed by atoms with van der Waals surface area (Å²) in [5.74, 6) is 1.21. The van der Waals surface area contributed by atoms with E-state index in [1.54, 1.807) is 67.2 Å². The van der Waals surface area contributed by atoms with Crippen LogP contribution in [-0.4, -0.2) is 26.6 Å². The van der Waals surface area contributed by atoms with E-state index in [0.717, 1.165) is 16.9 Å². The Kier molecular flexibility index (Phi) is 8.70. The van der Waals surface area contributed by atoms with E-state index in [4.69, 9.17) is 23.2 Å². The fourth-order valence-corrected chi connectivity index (χ4v) is 5.31. The monoisotopic (exact) mass is 522 g/mol. The van der Waals surface area contributed by atoms with E-state index in [-0.39, 0.29) is 10.8 Å². The highest BCUT2D eigenvalue weighted by molar-refractivity contribution is 7.98. The van der Waals surface area contributed by atoms with Crippen LogP contribution in [0.4, 0.5) is 5.69 Å². The highest BCUT2D eigenvalue weighted by Gasteiger charge is 2.18. The Hall–Kier alpha value is -2.19. The number of carbonyl (C=O) groups is 1. The lowest BCUT2D eigenvalue weighted by molar-refractivity contribution is 0.0955. The Morgan fingerprint density at radius 2 is 1.70 bits per heavy atom. The number of carbonyl (C=O) groups excluding carboxylic acids is 1. The number of nitrogens with one attached hydrogen (secondary N) is 2. The molecule has 9 heteroatoms. The van der Waals surface area contributed by atoms with Crippen LogP contribution in [0.3, 0.4) is 0 Å². The molecule has 1 amide bonds. The van der Waals surface area contributed by atoms with Crippen LogP contribution in [-0.2, 0) is 15.8 Å². The smallest absolute Gasteiger partial charge is 0.261 e. The fourth-order valence-electron chi connectivity index (χ4n) is 3.06. The lowest BCUT2D eigenvalue weighted by Gasteiger charge is -2.14. The molecule has 0 aliphatic heterocycles. The number of hydrogen-bond donors (Lipinski definition) is 2. The molecule has 0 aliphatic carbocycles. The van der Waals surface area contributed by atoms with Gasteiger partial charge in [0.25, 0.3) is 15.9 Å². The summed E-state index contributed by atoms with van der Waals surface area (Å²) in [7, 11) is -3.75. The molecule has 0 unspecified atom stereocenters. The van der Waals surface area contributed by atoms with Crippen molar-refractivity contribution in [3.05, 3.63) is 93.0 Å². The van der Waals surface area contributed by atoms with Gasteiger partial charge in [0.05, 0.1) is 20.6 Å². The zero-order valence-corrected chi connectivity index (χ0v) is 21.3. The fraction of sp³-hybridized carbons (Fsp3) is 0.208. The van der Waals surface area contributed by atoms with Crippen LogP contribution in [0.1, 0.15) is 27.0 Å². The highest BCUT2D eigenvalue weighted by atomic mass is 35.5. The zero-order valence-electron chi connectivity index (χ0n) is 18.2. The summed E-state index contributed by atoms with van der Waals surface area (Å²) < 4.78 is 28.0. The topological polar surface area (TPSA) is 75.3 Å². The van der Waals surface area contributed by atoms with Crippen molar-refractivity contribution in [2.24, 2.45) is 0 Å². The third kappa shape index (κ3) is 6.90. The molecule has 5 nitrogen and oxygen atoms in total. The van der Waals surface area contributed by atoms with Crippen molar-refractivity contribution >= 4 is 56.6 Å². The summed E-state index contributed by atoms with van der Waals surface area (Å²) in [5, 5.41) is 3.94. The predicted molar refractivity (Wildman–Crippen MR) is 138 cm³/mol. The summed E-state index contributed by atoms with van der Waals surface area (Å²) in [6.45, 7) is 4.09. The lowest BCUT2D eigenvalue weighted by Crippen LogP contribution is -2.27. The number of benzene rings is 3. The van der Waals surface area contributed by atoms with Crippen molar-refractivity contribution in [2.75, 3.05) is 17.0 Å². The van der Waals surface area contributed by atoms with E-state index in [0.29, 0.717) is 39.2 Å². The molecule has 2 N–H and O–H groups in total. The molecule has 0 saturated carbocycles. The zero-order chi connectivity index (χ0) is 24.0. The Morgan fingerprint density at radius 1 is 0.970 bits per heavy atom. The summed E-state index contributed by atoms with van der Waals surface area (Å²) >= 11 is 13.6. The van der Waals surface area contributed by atoms with Crippen molar-refractivity contribution in [3.8, 4) is 0 Å². The first-order chi connectivity index (χ1) is 15.7. The number of amides is 1. The summed E-state index contributed by atoms with van der Waals surface area (Å²) in [4.78, 5) is 12.8. The van der Waals surface area contributed by atoms with E-state index in [9.17, 15) is 13.2 Å². The SMILES string of the molecule is Cc1ccc(S(=O)(=O)Nc2cccc(C(=O)NCCSCc3ccc(Cl)c(Cl)c3)c2C)cc1. The average molecular weight is 524 g/mol. The van der Waals surface area contributed by atoms with Gasteiger partial charge >= 0.3 is 0 Å². The molecule has 3 aromatic carbocycles. The van der Waals surface area contributed by atoms with Gasteiger partial charge in [0.15, 0.2) is 0 Å². The molecule has 0 bridgehead atoms. The molecule has 174 valence electrons. The van der Waals surface area contributed by atoms with Gasteiger partial charge in [0.1, 0.15) is 0 Å². The van der Waals surface area contributed by atoms with Gasteiger partial charge < -0.3 is 5.32 Å². The second-order valence-corrected chi connectivity index (χ2v) is 11.1. The Morgan fingerprint density at radius 3 is 2.39 bits per heavy atom. The second kappa shape index (κ2) is 11.3. The van der Waals surface area contributed by atoms with Gasteiger partial charge in [-0.1, -0.05) is 53.0 Å². The molecule has 0 aromatic heterocycles. The van der Waals surface area contributed by atoms with E-state index in [1.165, 1.54) is 0 Å². The number of aryl methyl sites for hydroxylation is 1. The Balaban J connectivity index is 1.57. The summed E-state index contributed by atoms with van der Waals surface area (Å²) in [6, 6.07) is 17.1. The first-order valence-electron chi connectivity index (χ1n) is 10.2. The minimum Gasteiger partial charge on any atom is -0.351 e. The third-order valence-corrected chi connectivity index (χ3v) is 8.09. The van der Waals surface area contributed by atoms with E-state index in [1.807, 2.05) is 19.1 Å². The molecule has 0 fully saturated rings. The van der Waals surface area contributed by atoms with Gasteiger partial charge in [-0.25, -0.2) is 8.42 Å². The number of thioether (sulfide) groups is 1. The van der Waals surface area contributed by atoms with E-state index >= 15 is 0 Å². The van der Waals surface area contributed by atoms with Gasteiger partial charge in [-0.15, -0.1) is 0 Å². The van der Waals surface area contributed by atoms with E-state index < -0.39 is 10.0 Å². The number of halogens is 2. The normalized spacial score (nSPS) is 11.3. The molecular weight excluding hydrogens is 499 g/mol. The quantitative estimate of drug-likeness (QED) is 0.334. The van der Waals surface area contributed by atoms with Gasteiger partial charge in [-0.2, -0.15) is 11.8 Å². The molecule has 0 atom stereocenters. The minimum absolute atomic E-state index is 0.168. The van der Waals surface area contributed by atoms with Crippen molar-refractivity contribution in [2.45, 2.75) is 24.5 Å². The van der Waals surface area contributed by atoms with Crippen LogP contribution < -0.4 is 10.0 Å². The lowest BCUT2D eigenvalue weighted by atomic mass is 10.1. The van der Waals surface area contributed by atoms with Crippen molar-refractivity contribution in [1.82, 2.24) is 5.32 Å². The number of rotatable bonds is 9. The highest BCUT2D eigenvalue weighted by Crippen LogP contribution is 2.25. The Bertz CT molecular complexity index is 1250. The van der Waals surface area contributed by atoms with Crippen LogP contribution >= 0.6 is 35.0 Å². The van der Waals surface area contributed by atoms with Crippen LogP contribution in [0.15, 0.2) is 65.6 Å². The predicted octanol–water partition coefficient (Wildman–Crippen LogP) is 6.07. The summed E-state index contributed by atoms with van der Waals surface area (Å²) in [5.41, 5.74) is 3.39. The third-order valence-electron chi connectivity index (χ3n) is 4.94. The van der Waals surface area contributed by atoms with Crippen LogP contribution in [0.25, 0.3) is 0 Å². The maximum Gasteiger partial charge on any atom is 0.261 e. The van der Waals surface area contributed by atoms with Crippen LogP contribution in [0, 0.1) is 13.8 Å². The molecular formula is C24H24Cl2N2O3S2. The molecule has 3 aromatic rings. The maximum atomic E-state index is 12.7.